The van der Waals surface area contributed by atoms with E-state index in [1.165, 1.54) is 10.5 Å². The van der Waals surface area contributed by atoms with Crippen molar-refractivity contribution < 1.29 is 14.7 Å². The van der Waals surface area contributed by atoms with Gasteiger partial charge in [0.25, 0.3) is 11.5 Å². The molecule has 0 aliphatic carbocycles. The normalized spacial score (nSPS) is 18.6. The minimum atomic E-state index is -1.15. The molecule has 30 heavy (non-hydrogen) atoms. The van der Waals surface area contributed by atoms with Gasteiger partial charge in [-0.25, -0.2) is 4.98 Å². The first kappa shape index (κ1) is 20.5. The third-order valence-corrected chi connectivity index (χ3v) is 6.46. The number of carboxylic acids is 1. The fraction of sp³-hybridized carbons (Fsp3) is 0.350. The number of hydrogen-bond acceptors (Lipinski definition) is 7. The van der Waals surface area contributed by atoms with Gasteiger partial charge in [0.2, 0.25) is 0 Å². The maximum absolute atomic E-state index is 13.4. The standard InChI is InChI=1S/C20H20N4O4S2/c1-12-5-6-15-21-17(22-7-3-2-4-8-22)13(18(27)23(15)10-12)9-14-19(28)24(11-16(25)26)20(29)30-14/h5-6,9-10H,2-4,7-8,11H2,1H3,(H,25,26)/b14-9-. The number of amides is 1. The number of thiocarbonyl (C=S) groups is 1. The maximum atomic E-state index is 13.4. The maximum Gasteiger partial charge on any atom is 0.323 e. The van der Waals surface area contributed by atoms with E-state index in [9.17, 15) is 14.4 Å². The molecule has 2 aromatic heterocycles. The number of aryl methyl sites for hydroxylation is 1. The zero-order chi connectivity index (χ0) is 21.4. The van der Waals surface area contributed by atoms with Crippen LogP contribution >= 0.6 is 24.0 Å². The van der Waals surface area contributed by atoms with Crippen molar-refractivity contribution >= 4 is 57.7 Å². The number of piperidine rings is 1. The van der Waals surface area contributed by atoms with Crippen LogP contribution in [-0.4, -0.2) is 55.2 Å². The highest BCUT2D eigenvalue weighted by Gasteiger charge is 2.34. The SMILES string of the molecule is Cc1ccc2nc(N3CCCCC3)c(/C=C3\SC(=S)N(CC(=O)O)C3=O)c(=O)n2c1. The third kappa shape index (κ3) is 3.84. The van der Waals surface area contributed by atoms with E-state index < -0.39 is 18.4 Å². The van der Waals surface area contributed by atoms with Gasteiger partial charge in [-0.1, -0.05) is 30.0 Å². The highest BCUT2D eigenvalue weighted by Crippen LogP contribution is 2.33. The summed E-state index contributed by atoms with van der Waals surface area (Å²) in [7, 11) is 0. The zero-order valence-electron chi connectivity index (χ0n) is 16.3. The van der Waals surface area contributed by atoms with E-state index >= 15 is 0 Å². The van der Waals surface area contributed by atoms with E-state index in [2.05, 4.69) is 4.90 Å². The number of carbonyl (C=O) groups is 2. The molecule has 2 aliphatic heterocycles. The topological polar surface area (TPSA) is 95.2 Å². The smallest absolute Gasteiger partial charge is 0.323 e. The molecule has 1 amide bonds. The second-order valence-electron chi connectivity index (χ2n) is 7.30. The predicted octanol–water partition coefficient (Wildman–Crippen LogP) is 2.28. The molecule has 2 saturated heterocycles. The number of carboxylic acid groups (broad SMARTS) is 1. The summed E-state index contributed by atoms with van der Waals surface area (Å²) < 4.78 is 1.64. The van der Waals surface area contributed by atoms with E-state index in [0.717, 1.165) is 54.6 Å². The van der Waals surface area contributed by atoms with Gasteiger partial charge in [-0.3, -0.25) is 23.7 Å². The monoisotopic (exact) mass is 444 g/mol. The number of nitrogens with zero attached hydrogens (tertiary/aromatic N) is 4. The Morgan fingerprint density at radius 2 is 2.00 bits per heavy atom. The van der Waals surface area contributed by atoms with E-state index in [1.54, 1.807) is 12.3 Å². The van der Waals surface area contributed by atoms with Crippen molar-refractivity contribution in [2.24, 2.45) is 0 Å². The molecule has 0 spiro atoms. The molecule has 0 atom stereocenters. The van der Waals surface area contributed by atoms with Crippen molar-refractivity contribution in [3.63, 3.8) is 0 Å². The van der Waals surface area contributed by atoms with Gasteiger partial charge in [0.1, 0.15) is 22.3 Å². The number of fused-ring (bicyclic) bond motifs is 1. The average molecular weight is 445 g/mol. The van der Waals surface area contributed by atoms with Crippen LogP contribution in [0.5, 0.6) is 0 Å². The number of anilines is 1. The van der Waals surface area contributed by atoms with Crippen LogP contribution in [0.25, 0.3) is 11.7 Å². The predicted molar refractivity (Wildman–Crippen MR) is 120 cm³/mol. The van der Waals surface area contributed by atoms with Crippen molar-refractivity contribution in [3.8, 4) is 0 Å². The second-order valence-corrected chi connectivity index (χ2v) is 8.97. The van der Waals surface area contributed by atoms with Crippen LogP contribution in [0.3, 0.4) is 0 Å². The molecule has 2 aromatic rings. The van der Waals surface area contributed by atoms with Crippen molar-refractivity contribution in [1.82, 2.24) is 14.3 Å². The van der Waals surface area contributed by atoms with E-state index in [-0.39, 0.29) is 14.8 Å². The van der Waals surface area contributed by atoms with Crippen molar-refractivity contribution in [2.45, 2.75) is 26.2 Å². The Kier molecular flexibility index (Phi) is 5.61. The van der Waals surface area contributed by atoms with Gasteiger partial charge in [0.05, 0.1) is 10.5 Å². The van der Waals surface area contributed by atoms with Gasteiger partial charge in [0, 0.05) is 19.3 Å². The lowest BCUT2D eigenvalue weighted by atomic mass is 10.1. The van der Waals surface area contributed by atoms with Gasteiger partial charge in [-0.05, 0) is 43.9 Å². The lowest BCUT2D eigenvalue weighted by Gasteiger charge is -2.29. The molecule has 0 unspecified atom stereocenters. The molecule has 156 valence electrons. The van der Waals surface area contributed by atoms with Crippen LogP contribution < -0.4 is 10.5 Å². The summed E-state index contributed by atoms with van der Waals surface area (Å²) in [5.41, 5.74) is 1.50. The molecular weight excluding hydrogens is 424 g/mol. The number of aliphatic carboxylic acids is 1. The Bertz CT molecular complexity index is 1150. The first-order valence-corrected chi connectivity index (χ1v) is 10.8. The molecule has 0 radical (unpaired) electrons. The van der Waals surface area contributed by atoms with Crippen molar-refractivity contribution in [3.05, 3.63) is 44.7 Å². The number of carbonyl (C=O) groups excluding carboxylic acids is 1. The van der Waals surface area contributed by atoms with Crippen LogP contribution in [0.2, 0.25) is 0 Å². The van der Waals surface area contributed by atoms with Crippen LogP contribution in [0.15, 0.2) is 28.0 Å². The highest BCUT2D eigenvalue weighted by molar-refractivity contribution is 8.26. The molecule has 2 fully saturated rings. The molecule has 0 saturated carbocycles. The summed E-state index contributed by atoms with van der Waals surface area (Å²) in [5.74, 6) is -1.11. The fourth-order valence-corrected chi connectivity index (χ4v) is 4.86. The number of hydrogen-bond donors (Lipinski definition) is 1. The number of rotatable bonds is 4. The Balaban J connectivity index is 1.86. The Morgan fingerprint density at radius 3 is 2.70 bits per heavy atom. The number of aromatic nitrogens is 2. The second kappa shape index (κ2) is 8.19. The average Bonchev–Trinajstić information content (AvgIpc) is 2.98. The zero-order valence-corrected chi connectivity index (χ0v) is 18.0. The minimum Gasteiger partial charge on any atom is -0.480 e. The summed E-state index contributed by atoms with van der Waals surface area (Å²) in [6, 6.07) is 3.71. The number of pyridine rings is 1. The first-order valence-electron chi connectivity index (χ1n) is 9.60. The molecule has 4 heterocycles. The Hall–Kier alpha value is -2.72. The Morgan fingerprint density at radius 1 is 1.27 bits per heavy atom. The van der Waals surface area contributed by atoms with E-state index in [1.807, 2.05) is 13.0 Å². The van der Waals surface area contributed by atoms with Crippen LogP contribution in [-0.2, 0) is 9.59 Å². The molecule has 1 N–H and O–H groups in total. The Labute approximate surface area is 182 Å². The van der Waals surface area contributed by atoms with E-state index in [0.29, 0.717) is 17.0 Å². The lowest BCUT2D eigenvalue weighted by molar-refractivity contribution is -0.140. The summed E-state index contributed by atoms with van der Waals surface area (Å²) >= 11 is 6.17. The molecule has 4 rings (SSSR count). The van der Waals surface area contributed by atoms with Gasteiger partial charge in [0.15, 0.2) is 0 Å². The summed E-state index contributed by atoms with van der Waals surface area (Å²) in [6.45, 7) is 2.96. The molecular formula is C20H20N4O4S2. The van der Waals surface area contributed by atoms with Gasteiger partial charge in [-0.15, -0.1) is 0 Å². The minimum absolute atomic E-state index is 0.165. The van der Waals surface area contributed by atoms with Crippen LogP contribution in [0, 0.1) is 6.92 Å². The number of thioether (sulfide) groups is 1. The quantitative estimate of drug-likeness (QED) is 0.567. The van der Waals surface area contributed by atoms with Gasteiger partial charge in [-0.2, -0.15) is 0 Å². The first-order chi connectivity index (χ1) is 14.3. The lowest BCUT2D eigenvalue weighted by Crippen LogP contribution is -2.34. The molecule has 10 heteroatoms. The van der Waals surface area contributed by atoms with Gasteiger partial charge < -0.3 is 10.0 Å². The third-order valence-electron chi connectivity index (χ3n) is 5.08. The van der Waals surface area contributed by atoms with Crippen molar-refractivity contribution in [2.75, 3.05) is 24.5 Å². The van der Waals surface area contributed by atoms with Crippen LogP contribution in [0.1, 0.15) is 30.4 Å². The summed E-state index contributed by atoms with van der Waals surface area (Å²) in [4.78, 5) is 45.2. The molecule has 8 nitrogen and oxygen atoms in total. The van der Waals surface area contributed by atoms with Crippen molar-refractivity contribution in [1.29, 1.82) is 0 Å². The largest absolute Gasteiger partial charge is 0.480 e. The van der Waals surface area contributed by atoms with Crippen LogP contribution in [0.4, 0.5) is 5.82 Å². The fourth-order valence-electron chi connectivity index (χ4n) is 3.62. The van der Waals surface area contributed by atoms with Gasteiger partial charge >= 0.3 is 5.97 Å². The highest BCUT2D eigenvalue weighted by atomic mass is 32.2. The molecule has 0 bridgehead atoms. The molecule has 2 aliphatic rings. The van der Waals surface area contributed by atoms with E-state index in [4.69, 9.17) is 22.3 Å². The summed E-state index contributed by atoms with van der Waals surface area (Å²) in [5, 5.41) is 9.04. The summed E-state index contributed by atoms with van der Waals surface area (Å²) in [6.07, 6.45) is 6.38. The molecule has 0 aromatic carbocycles.